The highest BCUT2D eigenvalue weighted by atomic mass is 32.1. The quantitative estimate of drug-likeness (QED) is 0.737. The Labute approximate surface area is 154 Å². The smallest absolute Gasteiger partial charge is 0.254 e. The van der Waals surface area contributed by atoms with E-state index in [0.717, 1.165) is 42.3 Å². The average molecular weight is 370 g/mol. The lowest BCUT2D eigenvalue weighted by atomic mass is 10.0. The van der Waals surface area contributed by atoms with E-state index in [1.165, 1.54) is 12.1 Å². The first-order chi connectivity index (χ1) is 12.7. The third kappa shape index (κ3) is 3.48. The number of carbonyl (C=O) groups excluding carboxylic acids is 1. The van der Waals surface area contributed by atoms with Crippen LogP contribution in [0.25, 0.3) is 10.6 Å². The molecule has 3 heterocycles. The fourth-order valence-electron chi connectivity index (χ4n) is 3.19. The van der Waals surface area contributed by atoms with Gasteiger partial charge in [0.25, 0.3) is 5.91 Å². The molecule has 0 aliphatic carbocycles. The highest BCUT2D eigenvalue weighted by Crippen LogP contribution is 2.27. The van der Waals surface area contributed by atoms with Gasteiger partial charge in [-0.15, -0.1) is 11.3 Å². The Bertz CT molecular complexity index is 885. The minimum Gasteiger partial charge on any atom is -0.355 e. The molecule has 1 aliphatic rings. The molecular weight excluding hydrogens is 351 g/mol. The number of aromatic amines is 1. The molecule has 0 bridgehead atoms. The number of aromatic nitrogens is 2. The van der Waals surface area contributed by atoms with Crippen molar-refractivity contribution < 1.29 is 9.18 Å². The molecule has 1 aromatic carbocycles. The number of benzene rings is 1. The van der Waals surface area contributed by atoms with Crippen LogP contribution in [-0.4, -0.2) is 35.2 Å². The second-order valence-corrected chi connectivity index (χ2v) is 7.28. The van der Waals surface area contributed by atoms with Crippen molar-refractivity contribution in [2.75, 3.05) is 18.0 Å². The van der Waals surface area contributed by atoms with Crippen molar-refractivity contribution >= 4 is 23.1 Å². The first kappa shape index (κ1) is 16.8. The molecule has 0 spiro atoms. The van der Waals surface area contributed by atoms with Gasteiger partial charge in [0, 0.05) is 25.2 Å². The molecule has 2 N–H and O–H groups in total. The number of anilines is 1. The van der Waals surface area contributed by atoms with Crippen LogP contribution in [0.4, 0.5) is 10.2 Å². The van der Waals surface area contributed by atoms with Crippen LogP contribution >= 0.6 is 11.3 Å². The van der Waals surface area contributed by atoms with Gasteiger partial charge in [-0.25, -0.2) is 4.39 Å². The van der Waals surface area contributed by atoms with E-state index in [4.69, 9.17) is 0 Å². The predicted molar refractivity (Wildman–Crippen MR) is 101 cm³/mol. The van der Waals surface area contributed by atoms with Crippen LogP contribution in [-0.2, 0) is 0 Å². The number of halogens is 1. The molecule has 0 atom stereocenters. The molecule has 5 nitrogen and oxygen atoms in total. The Morgan fingerprint density at radius 2 is 2.04 bits per heavy atom. The number of nitrogens with zero attached hydrogens (tertiary/aromatic N) is 2. The Morgan fingerprint density at radius 1 is 1.23 bits per heavy atom. The number of H-pyrrole nitrogens is 1. The summed E-state index contributed by atoms with van der Waals surface area (Å²) >= 11 is 1.67. The van der Waals surface area contributed by atoms with Gasteiger partial charge in [-0.1, -0.05) is 18.2 Å². The first-order valence-electron chi connectivity index (χ1n) is 8.60. The minimum absolute atomic E-state index is 0.0501. The lowest BCUT2D eigenvalue weighted by Crippen LogP contribution is -2.45. The zero-order valence-corrected chi connectivity index (χ0v) is 14.9. The number of hydrogen-bond acceptors (Lipinski definition) is 4. The third-order valence-electron chi connectivity index (χ3n) is 4.62. The van der Waals surface area contributed by atoms with Gasteiger partial charge in [0.15, 0.2) is 5.82 Å². The van der Waals surface area contributed by atoms with Gasteiger partial charge in [-0.2, -0.15) is 5.10 Å². The maximum atomic E-state index is 13.7. The second kappa shape index (κ2) is 7.29. The van der Waals surface area contributed by atoms with Gasteiger partial charge in [0.05, 0.1) is 16.1 Å². The zero-order chi connectivity index (χ0) is 17.9. The van der Waals surface area contributed by atoms with Gasteiger partial charge in [-0.3, -0.25) is 9.89 Å². The summed E-state index contributed by atoms with van der Waals surface area (Å²) in [7, 11) is 0. The molecule has 1 fully saturated rings. The molecular formula is C19H19FN4OS. The fraction of sp³-hybridized carbons (Fsp3) is 0.263. The van der Waals surface area contributed by atoms with Gasteiger partial charge >= 0.3 is 0 Å². The normalized spacial score (nSPS) is 15.2. The summed E-state index contributed by atoms with van der Waals surface area (Å²) in [4.78, 5) is 15.6. The Hall–Kier alpha value is -2.67. The Balaban J connectivity index is 1.34. The molecule has 0 unspecified atom stereocenters. The predicted octanol–water partition coefficient (Wildman–Crippen LogP) is 3.68. The summed E-state index contributed by atoms with van der Waals surface area (Å²) in [6.07, 6.45) is 1.61. The van der Waals surface area contributed by atoms with Crippen molar-refractivity contribution in [3.63, 3.8) is 0 Å². The summed E-state index contributed by atoms with van der Waals surface area (Å²) in [6, 6.07) is 12.3. The van der Waals surface area contributed by atoms with E-state index in [-0.39, 0.29) is 17.5 Å². The van der Waals surface area contributed by atoms with E-state index >= 15 is 0 Å². The Kier molecular flexibility index (Phi) is 4.71. The highest BCUT2D eigenvalue weighted by molar-refractivity contribution is 7.13. The molecule has 2 aromatic heterocycles. The summed E-state index contributed by atoms with van der Waals surface area (Å²) in [6.45, 7) is 1.61. The van der Waals surface area contributed by atoms with Crippen LogP contribution in [0.15, 0.2) is 47.8 Å². The topological polar surface area (TPSA) is 61.0 Å². The largest absolute Gasteiger partial charge is 0.355 e. The second-order valence-electron chi connectivity index (χ2n) is 6.33. The molecule has 0 saturated carbocycles. The van der Waals surface area contributed by atoms with Crippen molar-refractivity contribution in [2.45, 2.75) is 18.9 Å². The number of nitrogens with one attached hydrogen (secondary N) is 2. The molecule has 1 aliphatic heterocycles. The zero-order valence-electron chi connectivity index (χ0n) is 14.1. The molecule has 3 aromatic rings. The number of thiophene rings is 1. The standard InChI is InChI=1S/C19H19FN4OS/c20-15-5-2-1-4-14(15)19(25)21-13-7-9-24(10-8-13)18-12-16(22-23-18)17-6-3-11-26-17/h1-6,11-13H,7-10H2,(H,21,25)(H,22,23). The third-order valence-corrected chi connectivity index (χ3v) is 5.53. The van der Waals surface area contributed by atoms with Gasteiger partial charge in [0.2, 0.25) is 0 Å². The maximum absolute atomic E-state index is 13.7. The summed E-state index contributed by atoms with van der Waals surface area (Å²) in [5.41, 5.74) is 1.12. The van der Waals surface area contributed by atoms with Crippen molar-refractivity contribution in [2.24, 2.45) is 0 Å². The number of amides is 1. The van der Waals surface area contributed by atoms with Crippen LogP contribution in [0.3, 0.4) is 0 Å². The van der Waals surface area contributed by atoms with Crippen molar-refractivity contribution in [1.82, 2.24) is 15.5 Å². The average Bonchev–Trinajstić information content (AvgIpc) is 3.34. The van der Waals surface area contributed by atoms with E-state index in [2.05, 4.69) is 32.5 Å². The minimum atomic E-state index is -0.486. The van der Waals surface area contributed by atoms with E-state index in [0.29, 0.717) is 0 Å². The molecule has 1 saturated heterocycles. The number of rotatable bonds is 4. The molecule has 1 amide bonds. The van der Waals surface area contributed by atoms with Crippen molar-refractivity contribution in [1.29, 1.82) is 0 Å². The molecule has 26 heavy (non-hydrogen) atoms. The van der Waals surface area contributed by atoms with Gasteiger partial charge in [-0.05, 0) is 36.4 Å². The number of piperidine rings is 1. The van der Waals surface area contributed by atoms with E-state index in [1.807, 2.05) is 11.4 Å². The van der Waals surface area contributed by atoms with Crippen molar-refractivity contribution in [3.8, 4) is 10.6 Å². The summed E-state index contributed by atoms with van der Waals surface area (Å²) < 4.78 is 13.7. The molecule has 0 radical (unpaired) electrons. The number of hydrogen-bond donors (Lipinski definition) is 2. The fourth-order valence-corrected chi connectivity index (χ4v) is 3.89. The van der Waals surface area contributed by atoms with Crippen LogP contribution in [0.1, 0.15) is 23.2 Å². The van der Waals surface area contributed by atoms with Gasteiger partial charge in [0.1, 0.15) is 5.82 Å². The Morgan fingerprint density at radius 3 is 2.77 bits per heavy atom. The molecule has 4 rings (SSSR count). The molecule has 134 valence electrons. The van der Waals surface area contributed by atoms with Crippen LogP contribution in [0.5, 0.6) is 0 Å². The summed E-state index contributed by atoms with van der Waals surface area (Å²) in [5, 5.41) is 12.5. The van der Waals surface area contributed by atoms with Crippen LogP contribution in [0.2, 0.25) is 0 Å². The SMILES string of the molecule is O=C(NC1CCN(c2cc(-c3cccs3)[nH]n2)CC1)c1ccccc1F. The molecule has 7 heteroatoms. The highest BCUT2D eigenvalue weighted by Gasteiger charge is 2.23. The summed E-state index contributed by atoms with van der Waals surface area (Å²) in [5.74, 6) is 0.0913. The van der Waals surface area contributed by atoms with Gasteiger partial charge < -0.3 is 10.2 Å². The first-order valence-corrected chi connectivity index (χ1v) is 9.48. The van der Waals surface area contributed by atoms with E-state index < -0.39 is 5.82 Å². The monoisotopic (exact) mass is 370 g/mol. The van der Waals surface area contributed by atoms with Crippen molar-refractivity contribution in [3.05, 3.63) is 59.2 Å². The van der Waals surface area contributed by atoms with E-state index in [1.54, 1.807) is 23.5 Å². The van der Waals surface area contributed by atoms with Crippen LogP contribution < -0.4 is 10.2 Å². The maximum Gasteiger partial charge on any atom is 0.254 e. The number of carbonyl (C=O) groups is 1. The lowest BCUT2D eigenvalue weighted by Gasteiger charge is -2.32. The van der Waals surface area contributed by atoms with E-state index in [9.17, 15) is 9.18 Å². The van der Waals surface area contributed by atoms with Crippen LogP contribution in [0, 0.1) is 5.82 Å². The lowest BCUT2D eigenvalue weighted by molar-refractivity contribution is 0.0927.